The van der Waals surface area contributed by atoms with Gasteiger partial charge in [-0.05, 0) is 17.7 Å². The van der Waals surface area contributed by atoms with E-state index in [-0.39, 0.29) is 0 Å². The quantitative estimate of drug-likeness (QED) is 0.621. The molecule has 0 bridgehead atoms. The zero-order valence-corrected chi connectivity index (χ0v) is 9.28. The Balaban J connectivity index is 2.58. The highest BCUT2D eigenvalue weighted by atomic mass is 16.5. The molecule has 0 saturated carbocycles. The van der Waals surface area contributed by atoms with Gasteiger partial charge in [-0.3, -0.25) is 0 Å². The van der Waals surface area contributed by atoms with Gasteiger partial charge in [0.15, 0.2) is 0 Å². The SMILES string of the molecule is N#CCCOc1ccc(C(O)C(O)CO)cc1. The van der Waals surface area contributed by atoms with Crippen molar-refractivity contribution in [3.63, 3.8) is 0 Å². The second-order valence-electron chi connectivity index (χ2n) is 3.52. The molecule has 2 atom stereocenters. The zero-order valence-electron chi connectivity index (χ0n) is 9.28. The number of aliphatic hydroxyl groups is 3. The lowest BCUT2D eigenvalue weighted by molar-refractivity contribution is -0.0152. The number of nitrogens with zero attached hydrogens (tertiary/aromatic N) is 1. The van der Waals surface area contributed by atoms with Gasteiger partial charge in [-0.2, -0.15) is 5.26 Å². The van der Waals surface area contributed by atoms with Crippen molar-refractivity contribution in [2.75, 3.05) is 13.2 Å². The van der Waals surface area contributed by atoms with Crippen LogP contribution >= 0.6 is 0 Å². The summed E-state index contributed by atoms with van der Waals surface area (Å²) in [5.74, 6) is 0.592. The van der Waals surface area contributed by atoms with E-state index in [2.05, 4.69) is 0 Å². The lowest BCUT2D eigenvalue weighted by atomic mass is 10.1. The van der Waals surface area contributed by atoms with E-state index in [0.29, 0.717) is 24.3 Å². The van der Waals surface area contributed by atoms with Crippen molar-refractivity contribution in [1.29, 1.82) is 5.26 Å². The first kappa shape index (κ1) is 13.5. The van der Waals surface area contributed by atoms with Gasteiger partial charge >= 0.3 is 0 Å². The highest BCUT2D eigenvalue weighted by Gasteiger charge is 2.16. The molecular formula is C12H15NO4. The zero-order chi connectivity index (χ0) is 12.7. The van der Waals surface area contributed by atoms with E-state index in [9.17, 15) is 10.2 Å². The normalized spacial score (nSPS) is 13.8. The van der Waals surface area contributed by atoms with E-state index in [4.69, 9.17) is 15.1 Å². The third-order valence-electron chi connectivity index (χ3n) is 2.26. The molecule has 0 radical (unpaired) electrons. The van der Waals surface area contributed by atoms with Gasteiger partial charge in [0.05, 0.1) is 19.1 Å². The molecule has 0 aromatic heterocycles. The van der Waals surface area contributed by atoms with Crippen molar-refractivity contribution in [2.45, 2.75) is 18.6 Å². The molecule has 0 fully saturated rings. The fraction of sp³-hybridized carbons (Fsp3) is 0.417. The molecular weight excluding hydrogens is 222 g/mol. The molecule has 17 heavy (non-hydrogen) atoms. The monoisotopic (exact) mass is 237 g/mol. The molecule has 1 aromatic rings. The molecule has 1 rings (SSSR count). The highest BCUT2D eigenvalue weighted by Crippen LogP contribution is 2.20. The molecule has 0 aliphatic heterocycles. The summed E-state index contributed by atoms with van der Waals surface area (Å²) in [5, 5.41) is 35.9. The summed E-state index contributed by atoms with van der Waals surface area (Å²) in [6, 6.07) is 8.45. The van der Waals surface area contributed by atoms with Gasteiger partial charge in [0, 0.05) is 0 Å². The van der Waals surface area contributed by atoms with E-state index in [1.807, 2.05) is 6.07 Å². The third-order valence-corrected chi connectivity index (χ3v) is 2.26. The number of hydrogen-bond donors (Lipinski definition) is 3. The maximum Gasteiger partial charge on any atom is 0.119 e. The molecule has 0 aliphatic carbocycles. The number of rotatable bonds is 6. The summed E-state index contributed by atoms with van der Waals surface area (Å²) in [7, 11) is 0. The molecule has 5 nitrogen and oxygen atoms in total. The van der Waals surface area contributed by atoms with Crippen molar-refractivity contribution >= 4 is 0 Å². The Bertz CT molecular complexity index is 371. The van der Waals surface area contributed by atoms with Crippen molar-refractivity contribution in [1.82, 2.24) is 0 Å². The van der Waals surface area contributed by atoms with Crippen LogP contribution in [0.1, 0.15) is 18.1 Å². The van der Waals surface area contributed by atoms with Crippen molar-refractivity contribution in [3.8, 4) is 11.8 Å². The summed E-state index contributed by atoms with van der Waals surface area (Å²) in [6.45, 7) is -0.181. The lowest BCUT2D eigenvalue weighted by Crippen LogP contribution is -2.21. The maximum atomic E-state index is 9.60. The number of ether oxygens (including phenoxy) is 1. The van der Waals surface area contributed by atoms with Gasteiger partial charge in [-0.25, -0.2) is 0 Å². The maximum absolute atomic E-state index is 9.60. The largest absolute Gasteiger partial charge is 0.493 e. The second-order valence-corrected chi connectivity index (χ2v) is 3.52. The van der Waals surface area contributed by atoms with Crippen LogP contribution in [0.15, 0.2) is 24.3 Å². The van der Waals surface area contributed by atoms with E-state index in [1.165, 1.54) is 0 Å². The highest BCUT2D eigenvalue weighted by molar-refractivity contribution is 5.29. The Kier molecular flexibility index (Phi) is 5.43. The van der Waals surface area contributed by atoms with Crippen molar-refractivity contribution < 1.29 is 20.1 Å². The number of aliphatic hydroxyl groups excluding tert-OH is 3. The summed E-state index contributed by atoms with van der Waals surface area (Å²) >= 11 is 0. The topological polar surface area (TPSA) is 93.7 Å². The van der Waals surface area contributed by atoms with Gasteiger partial charge in [-0.1, -0.05) is 12.1 Å². The first-order chi connectivity index (χ1) is 8.19. The standard InChI is InChI=1S/C12H15NO4/c13-6-1-7-17-10-4-2-9(3-5-10)12(16)11(15)8-14/h2-5,11-12,14-16H,1,7-8H2. The summed E-state index contributed by atoms with van der Waals surface area (Å²) in [4.78, 5) is 0. The van der Waals surface area contributed by atoms with Crippen LogP contribution in [0.3, 0.4) is 0 Å². The van der Waals surface area contributed by atoms with Crippen molar-refractivity contribution in [3.05, 3.63) is 29.8 Å². The molecule has 2 unspecified atom stereocenters. The molecule has 0 spiro atoms. The molecule has 0 saturated heterocycles. The van der Waals surface area contributed by atoms with Gasteiger partial charge in [0.1, 0.15) is 24.6 Å². The van der Waals surface area contributed by atoms with Crippen LogP contribution in [0.2, 0.25) is 0 Å². The fourth-order valence-electron chi connectivity index (χ4n) is 1.30. The second kappa shape index (κ2) is 6.86. The van der Waals surface area contributed by atoms with Crippen LogP contribution in [-0.4, -0.2) is 34.6 Å². The third kappa shape index (κ3) is 4.04. The minimum Gasteiger partial charge on any atom is -0.493 e. The van der Waals surface area contributed by atoms with Crippen LogP contribution in [0, 0.1) is 11.3 Å². The van der Waals surface area contributed by atoms with Crippen LogP contribution in [0.4, 0.5) is 0 Å². The predicted molar refractivity (Wildman–Crippen MR) is 60.2 cm³/mol. The van der Waals surface area contributed by atoms with Gasteiger partial charge in [-0.15, -0.1) is 0 Å². The molecule has 5 heteroatoms. The van der Waals surface area contributed by atoms with E-state index in [0.717, 1.165) is 0 Å². The van der Waals surface area contributed by atoms with Crippen molar-refractivity contribution in [2.24, 2.45) is 0 Å². The summed E-state index contributed by atoms with van der Waals surface area (Å²) in [5.41, 5.74) is 0.499. The minimum atomic E-state index is -1.19. The molecule has 0 amide bonds. The first-order valence-corrected chi connectivity index (χ1v) is 5.25. The molecule has 0 heterocycles. The smallest absolute Gasteiger partial charge is 0.119 e. The predicted octanol–water partition coefficient (Wildman–Crippen LogP) is 0.366. The van der Waals surface area contributed by atoms with Crippen LogP contribution in [-0.2, 0) is 0 Å². The molecule has 1 aromatic carbocycles. The Morgan fingerprint density at radius 3 is 2.41 bits per heavy atom. The number of benzene rings is 1. The van der Waals surface area contributed by atoms with E-state index in [1.54, 1.807) is 24.3 Å². The Morgan fingerprint density at radius 1 is 1.24 bits per heavy atom. The van der Waals surface area contributed by atoms with Gasteiger partial charge < -0.3 is 20.1 Å². The minimum absolute atomic E-state index is 0.313. The van der Waals surface area contributed by atoms with E-state index >= 15 is 0 Å². The average molecular weight is 237 g/mol. The molecule has 0 aliphatic rings. The summed E-state index contributed by atoms with van der Waals surface area (Å²) in [6.07, 6.45) is -2.00. The van der Waals surface area contributed by atoms with Gasteiger partial charge in [0.25, 0.3) is 0 Å². The number of nitriles is 1. The van der Waals surface area contributed by atoms with E-state index < -0.39 is 18.8 Å². The summed E-state index contributed by atoms with van der Waals surface area (Å²) < 4.78 is 5.25. The Hall–Kier alpha value is -1.61. The molecule has 3 N–H and O–H groups in total. The Morgan fingerprint density at radius 2 is 1.88 bits per heavy atom. The fourth-order valence-corrected chi connectivity index (χ4v) is 1.30. The average Bonchev–Trinajstić information content (AvgIpc) is 2.38. The Labute approximate surface area is 99.5 Å². The van der Waals surface area contributed by atoms with Crippen LogP contribution < -0.4 is 4.74 Å². The number of hydrogen-bond acceptors (Lipinski definition) is 5. The lowest BCUT2D eigenvalue weighted by Gasteiger charge is -2.16. The van der Waals surface area contributed by atoms with Crippen LogP contribution in [0.25, 0.3) is 0 Å². The molecule has 92 valence electrons. The van der Waals surface area contributed by atoms with Gasteiger partial charge in [0.2, 0.25) is 0 Å². The first-order valence-electron chi connectivity index (χ1n) is 5.25. The van der Waals surface area contributed by atoms with Crippen LogP contribution in [0.5, 0.6) is 5.75 Å².